The molecule has 0 fully saturated rings. The molecule has 3 N–H and O–H groups in total. The molecule has 0 aliphatic carbocycles. The molecule has 0 saturated heterocycles. The van der Waals surface area contributed by atoms with Gasteiger partial charge in [-0.15, -0.1) is 0 Å². The van der Waals surface area contributed by atoms with Gasteiger partial charge in [0.1, 0.15) is 11.4 Å². The molecule has 0 aliphatic heterocycles. The van der Waals surface area contributed by atoms with Crippen molar-refractivity contribution in [2.75, 3.05) is 13.1 Å². The number of nitrogens with zero attached hydrogens (tertiary/aromatic N) is 3. The van der Waals surface area contributed by atoms with Gasteiger partial charge < -0.3 is 20.2 Å². The van der Waals surface area contributed by atoms with Crippen molar-refractivity contribution in [1.29, 1.82) is 0 Å². The minimum absolute atomic E-state index is 0.0643. The van der Waals surface area contributed by atoms with Crippen LogP contribution in [0.1, 0.15) is 36.8 Å². The average molecular weight is 396 g/mol. The van der Waals surface area contributed by atoms with Crippen molar-refractivity contribution in [3.8, 4) is 0 Å². The van der Waals surface area contributed by atoms with Gasteiger partial charge in [0.25, 0.3) is 0 Å². The Balaban J connectivity index is 1.69. The normalized spacial score (nSPS) is 15.0. The van der Waals surface area contributed by atoms with Crippen molar-refractivity contribution in [2.45, 2.75) is 31.9 Å². The van der Waals surface area contributed by atoms with E-state index in [1.807, 2.05) is 37.4 Å². The van der Waals surface area contributed by atoms with Crippen LogP contribution >= 0.6 is 0 Å². The number of aromatic nitrogens is 2. The van der Waals surface area contributed by atoms with Gasteiger partial charge in [-0.25, -0.2) is 4.99 Å². The maximum atomic E-state index is 10.8. The monoisotopic (exact) mass is 395 g/mol. The van der Waals surface area contributed by atoms with Gasteiger partial charge in [-0.05, 0) is 31.5 Å². The molecule has 0 radical (unpaired) electrons. The van der Waals surface area contributed by atoms with Crippen LogP contribution in [0.3, 0.4) is 0 Å². The molecule has 0 bridgehead atoms. The Morgan fingerprint density at radius 1 is 1.28 bits per heavy atom. The Labute approximate surface area is 171 Å². The predicted molar refractivity (Wildman–Crippen MR) is 113 cm³/mol. The summed E-state index contributed by atoms with van der Waals surface area (Å²) in [6.45, 7) is 4.69. The number of hydrogen-bond acceptors (Lipinski definition) is 4. The largest absolute Gasteiger partial charge is 0.469 e. The summed E-state index contributed by atoms with van der Waals surface area (Å²) in [5, 5.41) is 21.7. The molecule has 0 aliphatic rings. The van der Waals surface area contributed by atoms with E-state index in [2.05, 4.69) is 39.8 Å². The standard InChI is InChI=1S/C22H29N5O2/c1-17(18-8-5-4-6-9-18)26-21(23-12-11-20-10-7-13-29-20)24-16-22(2,28)19-14-25-27(3)15-19/h4-10,13-15,17,28H,11-12,16H2,1-3H3,(H2,23,24,26). The number of aliphatic imine (C=N–C) groups is 1. The zero-order valence-corrected chi connectivity index (χ0v) is 17.2. The van der Waals surface area contributed by atoms with E-state index in [1.165, 1.54) is 0 Å². The maximum absolute atomic E-state index is 10.8. The maximum Gasteiger partial charge on any atom is 0.191 e. The summed E-state index contributed by atoms with van der Waals surface area (Å²) < 4.78 is 7.06. The summed E-state index contributed by atoms with van der Waals surface area (Å²) in [4.78, 5) is 4.64. The van der Waals surface area contributed by atoms with Crippen molar-refractivity contribution in [3.63, 3.8) is 0 Å². The molecule has 0 saturated carbocycles. The lowest BCUT2D eigenvalue weighted by atomic mass is 10.0. The molecule has 3 aromatic rings. The van der Waals surface area contributed by atoms with E-state index in [4.69, 9.17) is 4.42 Å². The first-order valence-corrected chi connectivity index (χ1v) is 9.78. The molecule has 7 heteroatoms. The molecule has 2 heterocycles. The summed E-state index contributed by atoms with van der Waals surface area (Å²) in [6, 6.07) is 14.1. The van der Waals surface area contributed by atoms with E-state index < -0.39 is 5.60 Å². The van der Waals surface area contributed by atoms with Crippen LogP contribution in [0, 0.1) is 0 Å². The van der Waals surface area contributed by atoms with Crippen LogP contribution in [-0.4, -0.2) is 33.9 Å². The second-order valence-corrected chi connectivity index (χ2v) is 7.37. The molecule has 2 unspecified atom stereocenters. The van der Waals surface area contributed by atoms with Gasteiger partial charge in [0, 0.05) is 31.8 Å². The molecule has 0 spiro atoms. The van der Waals surface area contributed by atoms with Gasteiger partial charge in [0.05, 0.1) is 25.0 Å². The van der Waals surface area contributed by atoms with E-state index in [0.717, 1.165) is 23.3 Å². The van der Waals surface area contributed by atoms with E-state index in [1.54, 1.807) is 30.3 Å². The Kier molecular flexibility index (Phi) is 6.72. The summed E-state index contributed by atoms with van der Waals surface area (Å²) in [7, 11) is 1.83. The zero-order valence-electron chi connectivity index (χ0n) is 17.2. The minimum Gasteiger partial charge on any atom is -0.469 e. The van der Waals surface area contributed by atoms with E-state index in [0.29, 0.717) is 12.5 Å². The third-order valence-corrected chi connectivity index (χ3v) is 4.77. The molecule has 29 heavy (non-hydrogen) atoms. The highest BCUT2D eigenvalue weighted by Gasteiger charge is 2.24. The fourth-order valence-electron chi connectivity index (χ4n) is 2.97. The first-order chi connectivity index (χ1) is 13.9. The van der Waals surface area contributed by atoms with Crippen LogP contribution in [0.5, 0.6) is 0 Å². The highest BCUT2D eigenvalue weighted by molar-refractivity contribution is 5.80. The summed E-state index contributed by atoms with van der Waals surface area (Å²) in [5.41, 5.74) is 0.779. The van der Waals surface area contributed by atoms with Crippen molar-refractivity contribution >= 4 is 5.96 Å². The molecular formula is C22H29N5O2. The van der Waals surface area contributed by atoms with Crippen LogP contribution in [-0.2, 0) is 19.1 Å². The lowest BCUT2D eigenvalue weighted by Gasteiger charge is -2.22. The van der Waals surface area contributed by atoms with Crippen LogP contribution in [0.4, 0.5) is 0 Å². The van der Waals surface area contributed by atoms with Crippen LogP contribution in [0.15, 0.2) is 70.5 Å². The molecule has 1 aromatic carbocycles. The lowest BCUT2D eigenvalue weighted by Crippen LogP contribution is -2.41. The number of aryl methyl sites for hydroxylation is 1. The molecule has 7 nitrogen and oxygen atoms in total. The average Bonchev–Trinajstić information content (AvgIpc) is 3.39. The first-order valence-electron chi connectivity index (χ1n) is 9.78. The number of furan rings is 1. The van der Waals surface area contributed by atoms with E-state index in [9.17, 15) is 5.11 Å². The quantitative estimate of drug-likeness (QED) is 0.403. The SMILES string of the molecule is CC(NC(=NCC(C)(O)c1cnn(C)c1)NCCc1ccco1)c1ccccc1. The number of nitrogens with one attached hydrogen (secondary N) is 2. The van der Waals surface area contributed by atoms with Gasteiger partial charge in [-0.1, -0.05) is 30.3 Å². The topological polar surface area (TPSA) is 87.6 Å². The summed E-state index contributed by atoms with van der Waals surface area (Å²) in [5.74, 6) is 1.55. The minimum atomic E-state index is -1.11. The second-order valence-electron chi connectivity index (χ2n) is 7.37. The van der Waals surface area contributed by atoms with Crippen LogP contribution < -0.4 is 10.6 Å². The number of rotatable bonds is 8. The molecule has 154 valence electrons. The highest BCUT2D eigenvalue weighted by Crippen LogP contribution is 2.20. The fourth-order valence-corrected chi connectivity index (χ4v) is 2.97. The number of aliphatic hydroxyl groups is 1. The van der Waals surface area contributed by atoms with Crippen LogP contribution in [0.2, 0.25) is 0 Å². The Morgan fingerprint density at radius 2 is 2.07 bits per heavy atom. The summed E-state index contributed by atoms with van der Waals surface area (Å²) >= 11 is 0. The van der Waals surface area contributed by atoms with Gasteiger partial charge in [0.15, 0.2) is 5.96 Å². The Morgan fingerprint density at radius 3 is 2.72 bits per heavy atom. The Hall–Kier alpha value is -3.06. The lowest BCUT2D eigenvalue weighted by molar-refractivity contribution is 0.0671. The van der Waals surface area contributed by atoms with Crippen LogP contribution in [0.25, 0.3) is 0 Å². The third-order valence-electron chi connectivity index (χ3n) is 4.77. The Bertz CT molecular complexity index is 900. The molecule has 0 amide bonds. The number of guanidine groups is 1. The van der Waals surface area contributed by atoms with E-state index in [-0.39, 0.29) is 12.6 Å². The smallest absolute Gasteiger partial charge is 0.191 e. The van der Waals surface area contributed by atoms with E-state index >= 15 is 0 Å². The van der Waals surface area contributed by atoms with Crippen molar-refractivity contribution in [1.82, 2.24) is 20.4 Å². The molecule has 3 rings (SSSR count). The van der Waals surface area contributed by atoms with Gasteiger partial charge >= 0.3 is 0 Å². The van der Waals surface area contributed by atoms with Gasteiger partial charge in [-0.3, -0.25) is 4.68 Å². The first kappa shape index (κ1) is 20.7. The fraction of sp³-hybridized carbons (Fsp3) is 0.364. The molecular weight excluding hydrogens is 366 g/mol. The van der Waals surface area contributed by atoms with Gasteiger partial charge in [-0.2, -0.15) is 5.10 Å². The van der Waals surface area contributed by atoms with Crippen molar-refractivity contribution < 1.29 is 9.52 Å². The zero-order chi connectivity index (χ0) is 20.7. The summed E-state index contributed by atoms with van der Waals surface area (Å²) in [6.07, 6.45) is 5.89. The van der Waals surface area contributed by atoms with Gasteiger partial charge in [0.2, 0.25) is 0 Å². The number of hydrogen-bond donors (Lipinski definition) is 3. The predicted octanol–water partition coefficient (Wildman–Crippen LogP) is 2.76. The number of benzene rings is 1. The van der Waals surface area contributed by atoms with Crippen molar-refractivity contribution in [2.24, 2.45) is 12.0 Å². The molecule has 2 atom stereocenters. The highest BCUT2D eigenvalue weighted by atomic mass is 16.3. The molecule has 2 aromatic heterocycles. The van der Waals surface area contributed by atoms with Crippen molar-refractivity contribution in [3.05, 3.63) is 78.0 Å². The third kappa shape index (κ3) is 5.96. The second kappa shape index (κ2) is 9.43.